The molecule has 1 aliphatic rings. The van der Waals surface area contributed by atoms with Gasteiger partial charge in [0.25, 0.3) is 0 Å². The van der Waals surface area contributed by atoms with E-state index in [-0.39, 0.29) is 5.38 Å². The number of ether oxygens (including phenoxy) is 2. The van der Waals surface area contributed by atoms with Crippen LogP contribution in [-0.4, -0.2) is 25.7 Å². The van der Waals surface area contributed by atoms with Crippen LogP contribution in [0.3, 0.4) is 0 Å². The summed E-state index contributed by atoms with van der Waals surface area (Å²) in [5.41, 5.74) is 1.26. The van der Waals surface area contributed by atoms with E-state index in [0.29, 0.717) is 5.92 Å². The van der Waals surface area contributed by atoms with Gasteiger partial charge in [0.2, 0.25) is 0 Å². The van der Waals surface area contributed by atoms with E-state index >= 15 is 0 Å². The average molecular weight is 241 g/mol. The van der Waals surface area contributed by atoms with E-state index in [4.69, 9.17) is 21.1 Å². The van der Waals surface area contributed by atoms with Crippen molar-refractivity contribution in [1.29, 1.82) is 0 Å². The highest BCUT2D eigenvalue weighted by Crippen LogP contribution is 2.25. The third kappa shape index (κ3) is 2.89. The third-order valence-electron chi connectivity index (χ3n) is 3.01. The van der Waals surface area contributed by atoms with Crippen LogP contribution in [0.15, 0.2) is 24.3 Å². The van der Waals surface area contributed by atoms with Crippen LogP contribution in [-0.2, 0) is 11.2 Å². The molecule has 1 aromatic rings. The smallest absolute Gasteiger partial charge is 0.119 e. The van der Waals surface area contributed by atoms with E-state index in [1.54, 1.807) is 7.11 Å². The van der Waals surface area contributed by atoms with Crippen molar-refractivity contribution in [2.24, 2.45) is 5.92 Å². The second-order valence-corrected chi connectivity index (χ2v) is 4.76. The summed E-state index contributed by atoms with van der Waals surface area (Å²) >= 11 is 6.29. The van der Waals surface area contributed by atoms with Gasteiger partial charge in [-0.3, -0.25) is 0 Å². The molecule has 2 unspecified atom stereocenters. The van der Waals surface area contributed by atoms with Crippen LogP contribution < -0.4 is 4.74 Å². The molecule has 1 aromatic carbocycles. The van der Waals surface area contributed by atoms with Gasteiger partial charge in [0, 0.05) is 17.9 Å². The van der Waals surface area contributed by atoms with Crippen molar-refractivity contribution < 1.29 is 9.47 Å². The van der Waals surface area contributed by atoms with Gasteiger partial charge < -0.3 is 9.47 Å². The average Bonchev–Trinajstić information content (AvgIpc) is 2.32. The summed E-state index contributed by atoms with van der Waals surface area (Å²) in [5.74, 6) is 1.32. The van der Waals surface area contributed by atoms with Crippen LogP contribution in [0.4, 0.5) is 0 Å². The van der Waals surface area contributed by atoms with Crippen molar-refractivity contribution in [1.82, 2.24) is 0 Å². The monoisotopic (exact) mass is 240 g/mol. The summed E-state index contributed by atoms with van der Waals surface area (Å²) in [6.07, 6.45) is 1.92. The zero-order chi connectivity index (χ0) is 11.4. The first-order chi connectivity index (χ1) is 7.79. The lowest BCUT2D eigenvalue weighted by Gasteiger charge is -2.27. The van der Waals surface area contributed by atoms with Crippen LogP contribution in [0.25, 0.3) is 0 Å². The quantitative estimate of drug-likeness (QED) is 0.757. The minimum atomic E-state index is 0.236. The van der Waals surface area contributed by atoms with E-state index in [2.05, 4.69) is 12.1 Å². The van der Waals surface area contributed by atoms with Crippen LogP contribution in [0.5, 0.6) is 5.75 Å². The molecule has 0 aromatic heterocycles. The maximum Gasteiger partial charge on any atom is 0.119 e. The van der Waals surface area contributed by atoms with E-state index in [1.807, 2.05) is 12.1 Å². The summed E-state index contributed by atoms with van der Waals surface area (Å²) in [6.45, 7) is 1.56. The molecule has 3 heteroatoms. The molecule has 0 spiro atoms. The molecule has 1 saturated heterocycles. The highest BCUT2D eigenvalue weighted by atomic mass is 35.5. The molecule has 1 heterocycles. The van der Waals surface area contributed by atoms with Gasteiger partial charge in [0.1, 0.15) is 5.75 Å². The Morgan fingerprint density at radius 3 is 3.12 bits per heavy atom. The van der Waals surface area contributed by atoms with Crippen molar-refractivity contribution >= 4 is 11.6 Å². The molecule has 0 saturated carbocycles. The summed E-state index contributed by atoms with van der Waals surface area (Å²) in [4.78, 5) is 0. The zero-order valence-electron chi connectivity index (χ0n) is 9.49. The first-order valence-electron chi connectivity index (χ1n) is 5.64. The Morgan fingerprint density at radius 1 is 1.50 bits per heavy atom. The molecule has 0 bridgehead atoms. The fourth-order valence-corrected chi connectivity index (χ4v) is 2.31. The van der Waals surface area contributed by atoms with E-state index < -0.39 is 0 Å². The highest BCUT2D eigenvalue weighted by molar-refractivity contribution is 6.20. The van der Waals surface area contributed by atoms with Crippen molar-refractivity contribution in [3.05, 3.63) is 29.8 Å². The minimum absolute atomic E-state index is 0.236. The summed E-state index contributed by atoms with van der Waals surface area (Å²) in [7, 11) is 1.69. The predicted molar refractivity (Wildman–Crippen MR) is 65.3 cm³/mol. The Morgan fingerprint density at radius 2 is 2.38 bits per heavy atom. The summed E-state index contributed by atoms with van der Waals surface area (Å²) in [5, 5.41) is 0.236. The Bertz CT molecular complexity index is 340. The molecule has 2 nitrogen and oxygen atoms in total. The molecule has 2 atom stereocenters. The number of benzene rings is 1. The third-order valence-corrected chi connectivity index (χ3v) is 3.59. The normalized spacial score (nSPS) is 25.4. The molecular formula is C13H17ClO2. The van der Waals surface area contributed by atoms with Crippen molar-refractivity contribution in [3.8, 4) is 5.75 Å². The summed E-state index contributed by atoms with van der Waals surface area (Å²) in [6, 6.07) is 8.15. The molecule has 16 heavy (non-hydrogen) atoms. The predicted octanol–water partition coefficient (Wildman–Crippen LogP) is 2.88. The molecule has 0 N–H and O–H groups in total. The van der Waals surface area contributed by atoms with Gasteiger partial charge in [-0.15, -0.1) is 11.6 Å². The van der Waals surface area contributed by atoms with Crippen molar-refractivity contribution in [2.75, 3.05) is 20.3 Å². The Hall–Kier alpha value is -0.730. The maximum absolute atomic E-state index is 6.29. The fraction of sp³-hybridized carbons (Fsp3) is 0.538. The van der Waals surface area contributed by atoms with Gasteiger partial charge in [0.05, 0.1) is 13.7 Å². The first kappa shape index (κ1) is 11.7. The van der Waals surface area contributed by atoms with Crippen LogP contribution in [0, 0.1) is 5.92 Å². The SMILES string of the molecule is COc1cccc(CC2COCCC2Cl)c1. The second-order valence-electron chi connectivity index (χ2n) is 4.20. The summed E-state index contributed by atoms with van der Waals surface area (Å²) < 4.78 is 10.7. The standard InChI is InChI=1S/C13H17ClO2/c1-15-12-4-2-3-10(8-12)7-11-9-16-6-5-13(11)14/h2-4,8,11,13H,5-7,9H2,1H3. The van der Waals surface area contributed by atoms with Gasteiger partial charge in [-0.2, -0.15) is 0 Å². The van der Waals surface area contributed by atoms with Gasteiger partial charge in [-0.25, -0.2) is 0 Å². The van der Waals surface area contributed by atoms with E-state index in [0.717, 1.165) is 31.8 Å². The molecule has 88 valence electrons. The topological polar surface area (TPSA) is 18.5 Å². The lowest BCUT2D eigenvalue weighted by Crippen LogP contribution is -2.29. The minimum Gasteiger partial charge on any atom is -0.497 e. The molecule has 0 aliphatic carbocycles. The maximum atomic E-state index is 6.29. The van der Waals surface area contributed by atoms with E-state index in [9.17, 15) is 0 Å². The molecule has 1 aliphatic heterocycles. The van der Waals surface area contributed by atoms with Gasteiger partial charge in [-0.1, -0.05) is 12.1 Å². The van der Waals surface area contributed by atoms with Gasteiger partial charge in [0.15, 0.2) is 0 Å². The Labute approximate surface area is 102 Å². The number of halogens is 1. The molecule has 0 amide bonds. The Balaban J connectivity index is 2.01. The lowest BCUT2D eigenvalue weighted by molar-refractivity contribution is 0.0578. The molecule has 1 fully saturated rings. The van der Waals surface area contributed by atoms with Crippen LogP contribution >= 0.6 is 11.6 Å². The number of hydrogen-bond acceptors (Lipinski definition) is 2. The van der Waals surface area contributed by atoms with Gasteiger partial charge in [-0.05, 0) is 30.5 Å². The number of alkyl halides is 1. The van der Waals surface area contributed by atoms with Crippen LogP contribution in [0.1, 0.15) is 12.0 Å². The second kappa shape index (κ2) is 5.55. The Kier molecular flexibility index (Phi) is 4.08. The highest BCUT2D eigenvalue weighted by Gasteiger charge is 2.23. The van der Waals surface area contributed by atoms with Crippen LogP contribution in [0.2, 0.25) is 0 Å². The lowest BCUT2D eigenvalue weighted by atomic mass is 9.93. The zero-order valence-corrected chi connectivity index (χ0v) is 10.2. The van der Waals surface area contributed by atoms with Crippen molar-refractivity contribution in [3.63, 3.8) is 0 Å². The fourth-order valence-electron chi connectivity index (χ4n) is 2.06. The number of rotatable bonds is 3. The number of hydrogen-bond donors (Lipinski definition) is 0. The molecule has 2 rings (SSSR count). The molecule has 0 radical (unpaired) electrons. The van der Waals surface area contributed by atoms with Crippen molar-refractivity contribution in [2.45, 2.75) is 18.2 Å². The first-order valence-corrected chi connectivity index (χ1v) is 6.08. The van der Waals surface area contributed by atoms with Gasteiger partial charge >= 0.3 is 0 Å². The largest absolute Gasteiger partial charge is 0.497 e. The number of methoxy groups -OCH3 is 1. The molecular weight excluding hydrogens is 224 g/mol. The van der Waals surface area contributed by atoms with E-state index in [1.165, 1.54) is 5.56 Å².